The zero-order valence-electron chi connectivity index (χ0n) is 8.60. The standard InChI is InChI=1S/C12H6F3.Li/c13-10-6-2-1-4-8(10)9-5-3-7-11(14)12(9)15;/h1-6H;/q-1;+1. The molecule has 0 aliphatic rings. The van der Waals surface area contributed by atoms with Gasteiger partial charge in [-0.1, -0.05) is 23.8 Å². The molecule has 16 heavy (non-hydrogen) atoms. The van der Waals surface area contributed by atoms with Gasteiger partial charge in [0.25, 0.3) is 0 Å². The molecule has 0 aliphatic heterocycles. The summed E-state index contributed by atoms with van der Waals surface area (Å²) in [7, 11) is 0. The van der Waals surface area contributed by atoms with Gasteiger partial charge in [-0.2, -0.15) is 12.1 Å². The van der Waals surface area contributed by atoms with E-state index in [-0.39, 0.29) is 30.0 Å². The van der Waals surface area contributed by atoms with Crippen molar-refractivity contribution in [1.29, 1.82) is 0 Å². The molecule has 2 rings (SSSR count). The molecule has 0 saturated heterocycles. The first-order valence-corrected chi connectivity index (χ1v) is 4.30. The smallest absolute Gasteiger partial charge is 0.281 e. The Morgan fingerprint density at radius 1 is 0.875 bits per heavy atom. The van der Waals surface area contributed by atoms with Gasteiger partial charge in [0.1, 0.15) is 5.82 Å². The number of halogens is 3. The largest absolute Gasteiger partial charge is 1.00 e. The molecule has 0 bridgehead atoms. The minimum atomic E-state index is -1.10. The molecule has 0 atom stereocenters. The quantitative estimate of drug-likeness (QED) is 0.481. The van der Waals surface area contributed by atoms with Crippen LogP contribution in [0.4, 0.5) is 13.2 Å². The number of hydrogen-bond donors (Lipinski definition) is 0. The van der Waals surface area contributed by atoms with Crippen molar-refractivity contribution in [2.45, 2.75) is 0 Å². The van der Waals surface area contributed by atoms with Gasteiger partial charge in [0.05, 0.1) is 5.82 Å². The average Bonchev–Trinajstić information content (AvgIpc) is 2.23. The molecule has 0 radical (unpaired) electrons. The normalized spacial score (nSPS) is 9.69. The Labute approximate surface area is 103 Å². The van der Waals surface area contributed by atoms with Crippen LogP contribution < -0.4 is 18.9 Å². The summed E-state index contributed by atoms with van der Waals surface area (Å²) in [5.41, 5.74) is -0.0488. The summed E-state index contributed by atoms with van der Waals surface area (Å²) in [5.74, 6) is -2.76. The van der Waals surface area contributed by atoms with Crippen molar-refractivity contribution < 1.29 is 32.0 Å². The molecule has 0 aliphatic carbocycles. The van der Waals surface area contributed by atoms with Crippen molar-refractivity contribution in [3.05, 3.63) is 59.9 Å². The van der Waals surface area contributed by atoms with E-state index in [0.29, 0.717) is 0 Å². The zero-order chi connectivity index (χ0) is 10.8. The van der Waals surface area contributed by atoms with Crippen LogP contribution >= 0.6 is 0 Å². The third kappa shape index (κ3) is 2.32. The van der Waals surface area contributed by atoms with Crippen LogP contribution in [0, 0.1) is 23.5 Å². The second-order valence-electron chi connectivity index (χ2n) is 3.00. The molecule has 0 amide bonds. The van der Waals surface area contributed by atoms with Crippen LogP contribution in [0.2, 0.25) is 0 Å². The molecule has 2 aromatic carbocycles. The van der Waals surface area contributed by atoms with Crippen LogP contribution in [0.25, 0.3) is 11.1 Å². The molecule has 0 heterocycles. The van der Waals surface area contributed by atoms with E-state index in [1.54, 1.807) is 6.07 Å². The molecule has 0 saturated carbocycles. The maximum Gasteiger partial charge on any atom is 1.00 e. The first-order chi connectivity index (χ1) is 7.20. The maximum absolute atomic E-state index is 13.3. The van der Waals surface area contributed by atoms with Crippen molar-refractivity contribution in [2.24, 2.45) is 0 Å². The Kier molecular flexibility index (Phi) is 4.23. The van der Waals surface area contributed by atoms with Crippen molar-refractivity contribution in [1.82, 2.24) is 0 Å². The minimum Gasteiger partial charge on any atom is -0.281 e. The predicted molar refractivity (Wildman–Crippen MR) is 50.6 cm³/mol. The van der Waals surface area contributed by atoms with E-state index in [2.05, 4.69) is 6.07 Å². The van der Waals surface area contributed by atoms with Gasteiger partial charge in [0, 0.05) is 5.82 Å². The van der Waals surface area contributed by atoms with Gasteiger partial charge in [-0.15, -0.1) is 6.07 Å². The van der Waals surface area contributed by atoms with E-state index in [4.69, 9.17) is 0 Å². The molecule has 2 aromatic rings. The van der Waals surface area contributed by atoms with Gasteiger partial charge in [-0.05, 0) is 11.6 Å². The van der Waals surface area contributed by atoms with Crippen LogP contribution in [-0.2, 0) is 0 Å². The molecular formula is C12H6F3Li. The summed E-state index contributed by atoms with van der Waals surface area (Å²) < 4.78 is 39.4. The summed E-state index contributed by atoms with van der Waals surface area (Å²) in [4.78, 5) is 0. The summed E-state index contributed by atoms with van der Waals surface area (Å²) in [6.07, 6.45) is 0. The van der Waals surface area contributed by atoms with Crippen LogP contribution in [0.5, 0.6) is 0 Å². The second-order valence-corrected chi connectivity index (χ2v) is 3.00. The molecule has 0 fully saturated rings. The SMILES string of the molecule is Fc1[c-]ccc(-c2ccccc2F)c1F.[Li+]. The van der Waals surface area contributed by atoms with Gasteiger partial charge < -0.3 is 0 Å². The van der Waals surface area contributed by atoms with Crippen LogP contribution in [-0.4, -0.2) is 0 Å². The predicted octanol–water partition coefficient (Wildman–Crippen LogP) is 0.575. The van der Waals surface area contributed by atoms with Crippen molar-refractivity contribution in [3.63, 3.8) is 0 Å². The molecule has 0 aromatic heterocycles. The summed E-state index contributed by atoms with van der Waals surface area (Å²) in [5, 5.41) is 0. The van der Waals surface area contributed by atoms with Gasteiger partial charge >= 0.3 is 18.9 Å². The minimum absolute atomic E-state index is 0. The molecular weight excluding hydrogens is 208 g/mol. The first kappa shape index (κ1) is 12.9. The fourth-order valence-corrected chi connectivity index (χ4v) is 1.34. The zero-order valence-corrected chi connectivity index (χ0v) is 8.60. The van der Waals surface area contributed by atoms with Gasteiger partial charge in [0.2, 0.25) is 0 Å². The molecule has 76 valence electrons. The Hall–Kier alpha value is -1.17. The molecule has 4 heteroatoms. The Bertz CT molecular complexity index is 497. The van der Waals surface area contributed by atoms with Crippen molar-refractivity contribution >= 4 is 0 Å². The van der Waals surface area contributed by atoms with E-state index in [1.807, 2.05) is 0 Å². The van der Waals surface area contributed by atoms with Gasteiger partial charge in [0.15, 0.2) is 0 Å². The number of benzene rings is 2. The van der Waals surface area contributed by atoms with Gasteiger partial charge in [-0.3, -0.25) is 4.39 Å². The van der Waals surface area contributed by atoms with E-state index >= 15 is 0 Å². The van der Waals surface area contributed by atoms with Crippen LogP contribution in [0.15, 0.2) is 36.4 Å². The fourth-order valence-electron chi connectivity index (χ4n) is 1.34. The Morgan fingerprint density at radius 2 is 1.56 bits per heavy atom. The first-order valence-electron chi connectivity index (χ1n) is 4.30. The number of rotatable bonds is 1. The Balaban J connectivity index is 0.00000128. The van der Waals surface area contributed by atoms with Crippen LogP contribution in [0.3, 0.4) is 0 Å². The third-order valence-electron chi connectivity index (χ3n) is 2.05. The monoisotopic (exact) mass is 214 g/mol. The van der Waals surface area contributed by atoms with Crippen molar-refractivity contribution in [3.8, 4) is 11.1 Å². The molecule has 0 unspecified atom stereocenters. The van der Waals surface area contributed by atoms with Gasteiger partial charge in [-0.25, -0.2) is 8.78 Å². The third-order valence-corrected chi connectivity index (χ3v) is 2.05. The number of hydrogen-bond acceptors (Lipinski definition) is 0. The van der Waals surface area contributed by atoms with E-state index in [0.717, 1.165) is 0 Å². The summed E-state index contributed by atoms with van der Waals surface area (Å²) >= 11 is 0. The average molecular weight is 214 g/mol. The van der Waals surface area contributed by atoms with Crippen molar-refractivity contribution in [2.75, 3.05) is 0 Å². The second kappa shape index (κ2) is 5.25. The maximum atomic E-state index is 13.3. The Morgan fingerprint density at radius 3 is 2.25 bits per heavy atom. The van der Waals surface area contributed by atoms with E-state index in [9.17, 15) is 13.2 Å². The van der Waals surface area contributed by atoms with E-state index < -0.39 is 17.5 Å². The summed E-state index contributed by atoms with van der Waals surface area (Å²) in [6, 6.07) is 10.2. The molecule has 0 spiro atoms. The molecule has 0 N–H and O–H groups in total. The topological polar surface area (TPSA) is 0 Å². The molecule has 0 nitrogen and oxygen atoms in total. The van der Waals surface area contributed by atoms with E-state index in [1.165, 1.54) is 30.3 Å². The fraction of sp³-hybridized carbons (Fsp3) is 0. The van der Waals surface area contributed by atoms with Crippen LogP contribution in [0.1, 0.15) is 0 Å². The summed E-state index contributed by atoms with van der Waals surface area (Å²) in [6.45, 7) is 0.